The number of amides is 3. The van der Waals surface area contributed by atoms with Crippen LogP contribution in [0.5, 0.6) is 5.75 Å². The van der Waals surface area contributed by atoms with Gasteiger partial charge in [0.25, 0.3) is 11.8 Å². The Hall–Kier alpha value is -3.24. The molecule has 10 heteroatoms. The minimum absolute atomic E-state index is 0.00703. The Labute approximate surface area is 193 Å². The highest BCUT2D eigenvalue weighted by Gasteiger charge is 2.43. The number of methoxy groups -OCH3 is 1. The van der Waals surface area contributed by atoms with E-state index in [0.717, 1.165) is 9.21 Å². The number of carbonyl (C=O) groups is 3. The van der Waals surface area contributed by atoms with Crippen molar-refractivity contribution in [1.29, 1.82) is 0 Å². The van der Waals surface area contributed by atoms with Crippen LogP contribution in [-0.4, -0.2) is 62.6 Å². The molecule has 0 bridgehead atoms. The zero-order valence-corrected chi connectivity index (χ0v) is 20.0. The van der Waals surface area contributed by atoms with E-state index in [2.05, 4.69) is 5.32 Å². The number of fused-ring (bicyclic) bond motifs is 1. The van der Waals surface area contributed by atoms with E-state index in [1.54, 1.807) is 24.3 Å². The third kappa shape index (κ3) is 4.62. The molecular weight excluding hydrogens is 446 g/mol. The summed E-state index contributed by atoms with van der Waals surface area (Å²) in [5, 5.41) is 2.67. The second-order valence-electron chi connectivity index (χ2n) is 8.31. The summed E-state index contributed by atoms with van der Waals surface area (Å²) in [6.07, 6.45) is 0.231. The average molecular weight is 474 g/mol. The van der Waals surface area contributed by atoms with E-state index in [0.29, 0.717) is 0 Å². The summed E-state index contributed by atoms with van der Waals surface area (Å²) in [4.78, 5) is 40.3. The number of hydrogen-bond donors (Lipinski definition) is 1. The summed E-state index contributed by atoms with van der Waals surface area (Å²) in [6.45, 7) is 3.76. The lowest BCUT2D eigenvalue weighted by atomic mass is 10.0. The molecule has 1 atom stereocenters. The fraction of sp³-hybridized carbons (Fsp3) is 0.348. The first-order valence-electron chi connectivity index (χ1n) is 10.4. The maximum Gasteiger partial charge on any atom is 0.262 e. The van der Waals surface area contributed by atoms with Gasteiger partial charge in [0.15, 0.2) is 0 Å². The van der Waals surface area contributed by atoms with Gasteiger partial charge >= 0.3 is 0 Å². The largest absolute Gasteiger partial charge is 0.495 e. The van der Waals surface area contributed by atoms with Gasteiger partial charge in [0.2, 0.25) is 15.9 Å². The highest BCUT2D eigenvalue weighted by Crippen LogP contribution is 2.31. The van der Waals surface area contributed by atoms with Gasteiger partial charge in [-0.25, -0.2) is 12.7 Å². The summed E-state index contributed by atoms with van der Waals surface area (Å²) in [6, 6.07) is 9.44. The van der Waals surface area contributed by atoms with Crippen LogP contribution in [-0.2, 0) is 14.8 Å². The van der Waals surface area contributed by atoms with Gasteiger partial charge in [-0.05, 0) is 42.7 Å². The van der Waals surface area contributed by atoms with Gasteiger partial charge in [0.1, 0.15) is 11.8 Å². The van der Waals surface area contributed by atoms with E-state index < -0.39 is 33.8 Å². The number of nitrogens with one attached hydrogen (secondary N) is 1. The molecule has 2 aromatic rings. The minimum Gasteiger partial charge on any atom is -0.495 e. The molecule has 3 rings (SSSR count). The molecule has 1 N–H and O–H groups in total. The Morgan fingerprint density at radius 1 is 1.06 bits per heavy atom. The number of ether oxygens (including phenoxy) is 1. The number of hydrogen-bond acceptors (Lipinski definition) is 6. The molecule has 1 heterocycles. The molecule has 9 nitrogen and oxygen atoms in total. The van der Waals surface area contributed by atoms with Crippen molar-refractivity contribution in [3.63, 3.8) is 0 Å². The van der Waals surface area contributed by atoms with E-state index in [9.17, 15) is 22.8 Å². The fourth-order valence-corrected chi connectivity index (χ4v) is 4.57. The second-order valence-corrected chi connectivity index (χ2v) is 10.5. The van der Waals surface area contributed by atoms with E-state index in [-0.39, 0.29) is 39.8 Å². The highest BCUT2D eigenvalue weighted by molar-refractivity contribution is 7.89. The molecular formula is C23H27N3O6S. The first-order valence-corrected chi connectivity index (χ1v) is 11.8. The van der Waals surface area contributed by atoms with E-state index in [4.69, 9.17) is 4.74 Å². The van der Waals surface area contributed by atoms with Crippen molar-refractivity contribution in [3.05, 3.63) is 53.6 Å². The average Bonchev–Trinajstić information content (AvgIpc) is 3.02. The molecule has 0 radical (unpaired) electrons. The molecule has 0 aromatic heterocycles. The quantitative estimate of drug-likeness (QED) is 0.590. The Morgan fingerprint density at radius 2 is 1.64 bits per heavy atom. The standard InChI is InChI=1S/C23H27N3O6S/c1-14(2)12-19(26-22(28)16-8-6-7-9-17(16)23(26)29)21(27)24-18-13-15(10-11-20(18)32-5)33(30,31)25(3)4/h6-11,13-14,19H,12H2,1-5H3,(H,24,27). The molecule has 0 spiro atoms. The number of nitrogens with zero attached hydrogens (tertiary/aromatic N) is 2. The molecule has 0 saturated heterocycles. The van der Waals surface area contributed by atoms with Crippen molar-refractivity contribution in [2.24, 2.45) is 5.92 Å². The van der Waals surface area contributed by atoms with Crippen LogP contribution in [0, 0.1) is 5.92 Å². The lowest BCUT2D eigenvalue weighted by molar-refractivity contribution is -0.120. The van der Waals surface area contributed by atoms with Gasteiger partial charge in [0.05, 0.1) is 28.8 Å². The van der Waals surface area contributed by atoms with Crippen LogP contribution >= 0.6 is 0 Å². The zero-order chi connectivity index (χ0) is 24.5. The topological polar surface area (TPSA) is 113 Å². The van der Waals surface area contributed by atoms with E-state index in [1.807, 2.05) is 13.8 Å². The van der Waals surface area contributed by atoms with E-state index >= 15 is 0 Å². The lowest BCUT2D eigenvalue weighted by Gasteiger charge is -2.27. The van der Waals surface area contributed by atoms with Crippen molar-refractivity contribution < 1.29 is 27.5 Å². The number of imide groups is 1. The zero-order valence-electron chi connectivity index (χ0n) is 19.2. The third-order valence-electron chi connectivity index (χ3n) is 5.34. The van der Waals surface area contributed by atoms with E-state index in [1.165, 1.54) is 39.4 Å². The number of rotatable bonds is 8. The van der Waals surface area contributed by atoms with Crippen LogP contribution in [0.1, 0.15) is 41.0 Å². The van der Waals surface area contributed by atoms with Crippen LogP contribution in [0.4, 0.5) is 5.69 Å². The second kappa shape index (κ2) is 9.32. The van der Waals surface area contributed by atoms with Gasteiger partial charge in [-0.1, -0.05) is 26.0 Å². The number of sulfonamides is 1. The Morgan fingerprint density at radius 3 is 2.12 bits per heavy atom. The van der Waals surface area contributed by atoms with Crippen molar-refractivity contribution in [3.8, 4) is 5.75 Å². The lowest BCUT2D eigenvalue weighted by Crippen LogP contribution is -2.48. The van der Waals surface area contributed by atoms with Crippen LogP contribution in [0.3, 0.4) is 0 Å². The minimum atomic E-state index is -3.76. The summed E-state index contributed by atoms with van der Waals surface area (Å²) in [5.74, 6) is -1.45. The number of carbonyl (C=O) groups excluding carboxylic acids is 3. The molecule has 1 aliphatic rings. The van der Waals surface area contributed by atoms with Gasteiger partial charge in [-0.2, -0.15) is 0 Å². The molecule has 176 valence electrons. The Bertz CT molecular complexity index is 1170. The molecule has 3 amide bonds. The molecule has 2 aromatic carbocycles. The summed E-state index contributed by atoms with van der Waals surface area (Å²) in [5.41, 5.74) is 0.622. The van der Waals surface area contributed by atoms with Crippen LogP contribution in [0.2, 0.25) is 0 Å². The molecule has 33 heavy (non-hydrogen) atoms. The normalized spacial score (nSPS) is 14.6. The molecule has 1 unspecified atom stereocenters. The molecule has 1 aliphatic heterocycles. The third-order valence-corrected chi connectivity index (χ3v) is 7.15. The highest BCUT2D eigenvalue weighted by atomic mass is 32.2. The number of anilines is 1. The first-order chi connectivity index (χ1) is 15.5. The Balaban J connectivity index is 1.98. The molecule has 0 saturated carbocycles. The van der Waals surface area contributed by atoms with Crippen LogP contribution in [0.25, 0.3) is 0 Å². The van der Waals surface area contributed by atoms with Crippen molar-refractivity contribution in [2.75, 3.05) is 26.5 Å². The molecule has 0 aliphatic carbocycles. The van der Waals surface area contributed by atoms with Gasteiger partial charge in [0, 0.05) is 14.1 Å². The van der Waals surface area contributed by atoms with Crippen LogP contribution < -0.4 is 10.1 Å². The van der Waals surface area contributed by atoms with Crippen molar-refractivity contribution in [2.45, 2.75) is 31.2 Å². The summed E-state index contributed by atoms with van der Waals surface area (Å²) < 4.78 is 31.4. The fourth-order valence-electron chi connectivity index (χ4n) is 3.64. The summed E-state index contributed by atoms with van der Waals surface area (Å²) in [7, 11) is 0.432. The maximum atomic E-state index is 13.4. The van der Waals surface area contributed by atoms with Gasteiger partial charge in [-0.3, -0.25) is 19.3 Å². The van der Waals surface area contributed by atoms with Crippen molar-refractivity contribution in [1.82, 2.24) is 9.21 Å². The summed E-state index contributed by atoms with van der Waals surface area (Å²) >= 11 is 0. The molecule has 0 fully saturated rings. The van der Waals surface area contributed by atoms with Crippen LogP contribution in [0.15, 0.2) is 47.4 Å². The van der Waals surface area contributed by atoms with Gasteiger partial charge < -0.3 is 10.1 Å². The predicted octanol–water partition coefficient (Wildman–Crippen LogP) is 2.59. The SMILES string of the molecule is COc1ccc(S(=O)(=O)N(C)C)cc1NC(=O)C(CC(C)C)N1C(=O)c2ccccc2C1=O. The van der Waals surface area contributed by atoms with Gasteiger partial charge in [-0.15, -0.1) is 0 Å². The maximum absolute atomic E-state index is 13.4. The number of benzene rings is 2. The van der Waals surface area contributed by atoms with Crippen molar-refractivity contribution >= 4 is 33.4 Å². The smallest absolute Gasteiger partial charge is 0.262 e. The Kier molecular flexibility index (Phi) is 6.89. The monoisotopic (exact) mass is 473 g/mol. The first kappa shape index (κ1) is 24.4. The predicted molar refractivity (Wildman–Crippen MR) is 123 cm³/mol.